The molecule has 0 bridgehead atoms. The minimum Gasteiger partial charge on any atom is -0.375 e. The molecule has 1 heterocycles. The zero-order valence-electron chi connectivity index (χ0n) is 10.9. The van der Waals surface area contributed by atoms with Crippen LogP contribution in [0.4, 0.5) is 5.69 Å². The number of carbonyl (C=O) groups excluding carboxylic acids is 1. The number of likely N-dealkylation sites (N-methyl/N-ethyl adjacent to an activating group) is 1. The van der Waals surface area contributed by atoms with Gasteiger partial charge in [0.1, 0.15) is 0 Å². The number of nitrogens with zero attached hydrogens (tertiary/aromatic N) is 2. The Labute approximate surface area is 124 Å². The van der Waals surface area contributed by atoms with Gasteiger partial charge in [0.05, 0.1) is 6.54 Å². The van der Waals surface area contributed by atoms with Gasteiger partial charge < -0.3 is 15.1 Å². The Bertz CT molecular complexity index is 461. The Morgan fingerprint density at radius 1 is 1.37 bits per heavy atom. The molecule has 1 saturated heterocycles. The molecule has 0 radical (unpaired) electrons. The van der Waals surface area contributed by atoms with Crippen LogP contribution in [0.2, 0.25) is 5.02 Å². The number of nitrogens with one attached hydrogen (secondary N) is 1. The van der Waals surface area contributed by atoms with Gasteiger partial charge in [0, 0.05) is 41.8 Å². The van der Waals surface area contributed by atoms with Crippen molar-refractivity contribution in [1.29, 1.82) is 0 Å². The van der Waals surface area contributed by atoms with Gasteiger partial charge in [-0.25, -0.2) is 0 Å². The third kappa shape index (κ3) is 4.03. The predicted molar refractivity (Wildman–Crippen MR) is 81.3 cm³/mol. The van der Waals surface area contributed by atoms with Crippen molar-refractivity contribution >= 4 is 35.8 Å². The van der Waals surface area contributed by atoms with Gasteiger partial charge in [-0.1, -0.05) is 11.6 Å². The van der Waals surface area contributed by atoms with Gasteiger partial charge in [0.2, 0.25) is 5.91 Å². The summed E-state index contributed by atoms with van der Waals surface area (Å²) >= 11 is 10.3. The standard InChI is InChI=1S/C13H18ClN3OS/c1-16-4-6-17(7-5-16)13(18)9-15-11-8-10(14)2-3-12(11)19/h2-3,8,15,19H,4-7,9H2,1H3. The predicted octanol–water partition coefficient (Wildman–Crippen LogP) is 1.81. The molecule has 0 aromatic heterocycles. The van der Waals surface area contributed by atoms with Crippen LogP contribution >= 0.6 is 24.2 Å². The molecule has 0 atom stereocenters. The number of carbonyl (C=O) groups is 1. The summed E-state index contributed by atoms with van der Waals surface area (Å²) in [7, 11) is 2.07. The van der Waals surface area contributed by atoms with Crippen LogP contribution in [0.15, 0.2) is 23.1 Å². The molecule has 19 heavy (non-hydrogen) atoms. The molecule has 1 fully saturated rings. The second-order valence-corrected chi connectivity index (χ2v) is 5.62. The van der Waals surface area contributed by atoms with Crippen LogP contribution in [0.25, 0.3) is 0 Å². The van der Waals surface area contributed by atoms with Gasteiger partial charge in [-0.2, -0.15) is 0 Å². The molecule has 0 unspecified atom stereocenters. The summed E-state index contributed by atoms with van der Waals surface area (Å²) in [4.78, 5) is 17.0. The molecule has 1 N–H and O–H groups in total. The second kappa shape index (κ2) is 6.50. The van der Waals surface area contributed by atoms with Gasteiger partial charge >= 0.3 is 0 Å². The van der Waals surface area contributed by atoms with Crippen LogP contribution in [-0.4, -0.2) is 55.5 Å². The topological polar surface area (TPSA) is 35.6 Å². The smallest absolute Gasteiger partial charge is 0.241 e. The van der Waals surface area contributed by atoms with E-state index in [-0.39, 0.29) is 12.5 Å². The minimum atomic E-state index is 0.112. The van der Waals surface area contributed by atoms with Crippen molar-refractivity contribution in [3.8, 4) is 0 Å². The Morgan fingerprint density at radius 3 is 2.74 bits per heavy atom. The second-order valence-electron chi connectivity index (χ2n) is 4.70. The van der Waals surface area contributed by atoms with Gasteiger partial charge in [0.15, 0.2) is 0 Å². The van der Waals surface area contributed by atoms with E-state index < -0.39 is 0 Å². The Kier molecular flexibility index (Phi) is 4.96. The Balaban J connectivity index is 1.88. The fraction of sp³-hybridized carbons (Fsp3) is 0.462. The van der Waals surface area contributed by atoms with Crippen LogP contribution in [0.1, 0.15) is 0 Å². The number of thiol groups is 1. The molecule has 104 valence electrons. The summed E-state index contributed by atoms with van der Waals surface area (Å²) in [5, 5.41) is 3.73. The molecular formula is C13H18ClN3OS. The van der Waals surface area contributed by atoms with Gasteiger partial charge in [-0.3, -0.25) is 4.79 Å². The highest BCUT2D eigenvalue weighted by molar-refractivity contribution is 7.80. The molecular weight excluding hydrogens is 282 g/mol. The van der Waals surface area contributed by atoms with E-state index in [0.29, 0.717) is 5.02 Å². The average Bonchev–Trinajstić information content (AvgIpc) is 2.40. The fourth-order valence-corrected chi connectivity index (χ4v) is 2.38. The van der Waals surface area contributed by atoms with Crippen molar-refractivity contribution in [2.24, 2.45) is 0 Å². The maximum Gasteiger partial charge on any atom is 0.241 e. The van der Waals surface area contributed by atoms with Crippen LogP contribution < -0.4 is 5.32 Å². The van der Waals surface area contributed by atoms with Crippen LogP contribution in [0.3, 0.4) is 0 Å². The average molecular weight is 300 g/mol. The van der Waals surface area contributed by atoms with E-state index in [2.05, 4.69) is 29.9 Å². The largest absolute Gasteiger partial charge is 0.375 e. The first kappa shape index (κ1) is 14.5. The first-order chi connectivity index (χ1) is 9.06. The first-order valence-corrected chi connectivity index (χ1v) is 7.07. The third-order valence-electron chi connectivity index (χ3n) is 3.24. The summed E-state index contributed by atoms with van der Waals surface area (Å²) in [6.07, 6.45) is 0. The van der Waals surface area contributed by atoms with E-state index in [1.54, 1.807) is 12.1 Å². The number of benzene rings is 1. The van der Waals surface area contributed by atoms with E-state index in [1.807, 2.05) is 11.0 Å². The SMILES string of the molecule is CN1CCN(C(=O)CNc2cc(Cl)ccc2S)CC1. The van der Waals surface area contributed by atoms with Crippen molar-refractivity contribution in [1.82, 2.24) is 9.80 Å². The lowest BCUT2D eigenvalue weighted by Crippen LogP contribution is -2.48. The van der Waals surface area contributed by atoms with Crippen molar-refractivity contribution < 1.29 is 4.79 Å². The van der Waals surface area contributed by atoms with Gasteiger partial charge in [-0.15, -0.1) is 12.6 Å². The van der Waals surface area contributed by atoms with E-state index in [0.717, 1.165) is 36.8 Å². The zero-order valence-corrected chi connectivity index (χ0v) is 12.5. The number of rotatable bonds is 3. The fourth-order valence-electron chi connectivity index (χ4n) is 1.99. The number of amides is 1. The highest BCUT2D eigenvalue weighted by atomic mass is 35.5. The number of piperazine rings is 1. The lowest BCUT2D eigenvalue weighted by molar-refractivity contribution is -0.130. The maximum atomic E-state index is 12.1. The molecule has 0 aliphatic carbocycles. The number of halogens is 1. The normalized spacial score (nSPS) is 16.5. The summed E-state index contributed by atoms with van der Waals surface area (Å²) in [6, 6.07) is 5.37. The van der Waals surface area contributed by atoms with Crippen LogP contribution in [-0.2, 0) is 4.79 Å². The molecule has 0 saturated carbocycles. The van der Waals surface area contributed by atoms with Crippen molar-refractivity contribution in [3.05, 3.63) is 23.2 Å². The summed E-state index contributed by atoms with van der Waals surface area (Å²) in [5.74, 6) is 0.112. The first-order valence-electron chi connectivity index (χ1n) is 6.25. The van der Waals surface area contributed by atoms with E-state index in [9.17, 15) is 4.79 Å². The molecule has 1 aliphatic rings. The molecule has 6 heteroatoms. The zero-order chi connectivity index (χ0) is 13.8. The quantitative estimate of drug-likeness (QED) is 0.836. The summed E-state index contributed by atoms with van der Waals surface area (Å²) in [6.45, 7) is 3.72. The number of anilines is 1. The molecule has 4 nitrogen and oxygen atoms in total. The maximum absolute atomic E-state index is 12.1. The Morgan fingerprint density at radius 2 is 2.05 bits per heavy atom. The minimum absolute atomic E-state index is 0.112. The molecule has 1 aromatic carbocycles. The Hall–Kier alpha value is -0.910. The number of hydrogen-bond acceptors (Lipinski definition) is 4. The molecule has 2 rings (SSSR count). The van der Waals surface area contributed by atoms with E-state index in [1.165, 1.54) is 0 Å². The summed E-state index contributed by atoms with van der Waals surface area (Å²) in [5.41, 5.74) is 0.790. The number of hydrogen-bond donors (Lipinski definition) is 2. The van der Waals surface area contributed by atoms with E-state index >= 15 is 0 Å². The van der Waals surface area contributed by atoms with Crippen molar-refractivity contribution in [2.75, 3.05) is 45.1 Å². The van der Waals surface area contributed by atoms with Crippen molar-refractivity contribution in [3.63, 3.8) is 0 Å². The van der Waals surface area contributed by atoms with Crippen molar-refractivity contribution in [2.45, 2.75) is 4.90 Å². The van der Waals surface area contributed by atoms with E-state index in [4.69, 9.17) is 11.6 Å². The third-order valence-corrected chi connectivity index (χ3v) is 3.87. The van der Waals surface area contributed by atoms with Gasteiger partial charge in [-0.05, 0) is 25.2 Å². The molecule has 0 spiro atoms. The monoisotopic (exact) mass is 299 g/mol. The lowest BCUT2D eigenvalue weighted by Gasteiger charge is -2.32. The van der Waals surface area contributed by atoms with Crippen LogP contribution in [0, 0.1) is 0 Å². The lowest BCUT2D eigenvalue weighted by atomic mass is 10.3. The van der Waals surface area contributed by atoms with Gasteiger partial charge in [0.25, 0.3) is 0 Å². The summed E-state index contributed by atoms with van der Waals surface area (Å²) < 4.78 is 0. The molecule has 1 aromatic rings. The highest BCUT2D eigenvalue weighted by Gasteiger charge is 2.18. The highest BCUT2D eigenvalue weighted by Crippen LogP contribution is 2.23. The van der Waals surface area contributed by atoms with Crippen LogP contribution in [0.5, 0.6) is 0 Å². The molecule has 1 amide bonds. The molecule has 1 aliphatic heterocycles.